The third-order valence-electron chi connectivity index (χ3n) is 5.38. The van der Waals surface area contributed by atoms with Gasteiger partial charge < -0.3 is 24.5 Å². The van der Waals surface area contributed by atoms with Gasteiger partial charge in [-0.15, -0.1) is 0 Å². The number of carbonyl (C=O) groups excluding carboxylic acids is 1. The van der Waals surface area contributed by atoms with Crippen LogP contribution in [-0.4, -0.2) is 47.5 Å². The van der Waals surface area contributed by atoms with E-state index in [0.29, 0.717) is 40.7 Å². The lowest BCUT2D eigenvalue weighted by atomic mass is 10.00. The van der Waals surface area contributed by atoms with Crippen LogP contribution in [0.3, 0.4) is 0 Å². The van der Waals surface area contributed by atoms with Gasteiger partial charge in [0, 0.05) is 60.7 Å². The van der Waals surface area contributed by atoms with Crippen molar-refractivity contribution in [2.75, 3.05) is 27.2 Å². The lowest BCUT2D eigenvalue weighted by Crippen LogP contribution is -2.31. The second kappa shape index (κ2) is 9.48. The molecule has 0 saturated heterocycles. The number of halogens is 2. The molecule has 0 bridgehead atoms. The van der Waals surface area contributed by atoms with E-state index in [1.165, 1.54) is 10.6 Å². The summed E-state index contributed by atoms with van der Waals surface area (Å²) in [6.07, 6.45) is 3.28. The number of likely N-dealkylation sites (N-methyl/N-ethyl adjacent to an activating group) is 1. The number of nitrogens with zero attached hydrogens (tertiary/aromatic N) is 2. The summed E-state index contributed by atoms with van der Waals surface area (Å²) >= 11 is 0. The smallest absolute Gasteiger partial charge is 0.274 e. The van der Waals surface area contributed by atoms with Crippen LogP contribution in [0.25, 0.3) is 22.0 Å². The number of fused-ring (bicyclic) bond motifs is 1. The minimum Gasteiger partial charge on any atom is -0.454 e. The zero-order valence-corrected chi connectivity index (χ0v) is 19.0. The van der Waals surface area contributed by atoms with E-state index >= 15 is 0 Å². The molecule has 2 heterocycles. The van der Waals surface area contributed by atoms with Gasteiger partial charge in [-0.2, -0.15) is 0 Å². The summed E-state index contributed by atoms with van der Waals surface area (Å²) in [6.45, 7) is 1.14. The van der Waals surface area contributed by atoms with Crippen LogP contribution in [0.5, 0.6) is 11.5 Å². The maximum Gasteiger partial charge on any atom is 0.274 e. The molecular weight excluding hydrogens is 442 g/mol. The first-order valence-corrected chi connectivity index (χ1v) is 10.6. The van der Waals surface area contributed by atoms with Gasteiger partial charge in [-0.25, -0.2) is 8.78 Å². The Morgan fingerprint density at radius 1 is 1.09 bits per heavy atom. The molecule has 2 aromatic carbocycles. The molecule has 0 aliphatic carbocycles. The van der Waals surface area contributed by atoms with E-state index in [-0.39, 0.29) is 23.0 Å². The molecule has 0 atom stereocenters. The molecule has 0 radical (unpaired) electrons. The molecule has 2 N–H and O–H groups in total. The molecule has 4 aromatic rings. The fourth-order valence-corrected chi connectivity index (χ4v) is 3.63. The van der Waals surface area contributed by atoms with Crippen LogP contribution in [0.1, 0.15) is 10.4 Å². The molecule has 9 heteroatoms. The fraction of sp³-hybridized carbons (Fsp3) is 0.200. The van der Waals surface area contributed by atoms with Crippen molar-refractivity contribution >= 4 is 16.8 Å². The van der Waals surface area contributed by atoms with Gasteiger partial charge in [-0.1, -0.05) is 0 Å². The second-order valence-corrected chi connectivity index (χ2v) is 8.17. The number of hydrogen-bond donors (Lipinski definition) is 2. The van der Waals surface area contributed by atoms with E-state index in [1.807, 2.05) is 19.0 Å². The fourth-order valence-electron chi connectivity index (χ4n) is 3.63. The van der Waals surface area contributed by atoms with E-state index in [4.69, 9.17) is 4.74 Å². The number of aryl methyl sites for hydroxylation is 1. The molecule has 0 aliphatic heterocycles. The Bertz CT molecular complexity index is 1430. The molecule has 0 saturated carbocycles. The van der Waals surface area contributed by atoms with Crippen LogP contribution in [0.2, 0.25) is 0 Å². The Labute approximate surface area is 194 Å². The summed E-state index contributed by atoms with van der Waals surface area (Å²) in [5, 5.41) is 3.48. The molecule has 0 unspecified atom stereocenters. The SMILES string of the molecule is CN(C)CCNC(=O)c1ccc(Oc2ccc(F)cc2F)c(-c2cn(C)c(=O)c3[nH]ccc23)c1. The van der Waals surface area contributed by atoms with Crippen molar-refractivity contribution in [3.05, 3.63) is 82.4 Å². The van der Waals surface area contributed by atoms with Crippen molar-refractivity contribution in [3.63, 3.8) is 0 Å². The number of carbonyl (C=O) groups is 1. The molecule has 0 fully saturated rings. The molecule has 4 rings (SSSR count). The number of ether oxygens (including phenoxy) is 1. The first-order chi connectivity index (χ1) is 16.2. The number of benzene rings is 2. The molecule has 34 heavy (non-hydrogen) atoms. The van der Waals surface area contributed by atoms with Crippen LogP contribution >= 0.6 is 0 Å². The summed E-state index contributed by atoms with van der Waals surface area (Å²) in [5.41, 5.74) is 1.63. The third-order valence-corrected chi connectivity index (χ3v) is 5.38. The van der Waals surface area contributed by atoms with Crippen LogP contribution in [0.15, 0.2) is 59.7 Å². The standard InChI is InChI=1S/C25H24F2N4O3/c1-30(2)11-10-29-24(32)15-4-6-21(34-22-7-5-16(26)13-20(22)27)18(12-15)19-14-31(3)25(33)23-17(19)8-9-28-23/h4-9,12-14,28H,10-11H2,1-3H3,(H,29,32). The van der Waals surface area contributed by atoms with Crippen molar-refractivity contribution in [1.29, 1.82) is 0 Å². The van der Waals surface area contributed by atoms with Gasteiger partial charge in [0.05, 0.1) is 0 Å². The summed E-state index contributed by atoms with van der Waals surface area (Å²) < 4.78 is 34.9. The number of H-pyrrole nitrogens is 1. The van der Waals surface area contributed by atoms with E-state index < -0.39 is 11.6 Å². The summed E-state index contributed by atoms with van der Waals surface area (Å²) in [4.78, 5) is 30.2. The van der Waals surface area contributed by atoms with Gasteiger partial charge >= 0.3 is 0 Å². The molecule has 7 nitrogen and oxygen atoms in total. The van der Waals surface area contributed by atoms with Gasteiger partial charge in [-0.3, -0.25) is 9.59 Å². The zero-order chi connectivity index (χ0) is 24.4. The Hall–Kier alpha value is -3.98. The number of amides is 1. The number of aromatic nitrogens is 2. The number of aromatic amines is 1. The monoisotopic (exact) mass is 466 g/mol. The highest BCUT2D eigenvalue weighted by Crippen LogP contribution is 2.38. The second-order valence-electron chi connectivity index (χ2n) is 8.17. The summed E-state index contributed by atoms with van der Waals surface area (Å²) in [5.74, 6) is -1.78. The highest BCUT2D eigenvalue weighted by Gasteiger charge is 2.18. The first kappa shape index (κ1) is 23.2. The number of nitrogens with one attached hydrogen (secondary N) is 2. The Balaban J connectivity index is 1.83. The average molecular weight is 466 g/mol. The minimum absolute atomic E-state index is 0.166. The first-order valence-electron chi connectivity index (χ1n) is 10.6. The van der Waals surface area contributed by atoms with Crippen LogP contribution in [0.4, 0.5) is 8.78 Å². The topological polar surface area (TPSA) is 79.4 Å². The van der Waals surface area contributed by atoms with Gasteiger partial charge in [0.15, 0.2) is 11.6 Å². The predicted octanol–water partition coefficient (Wildman–Crippen LogP) is 3.90. The quantitative estimate of drug-likeness (QED) is 0.433. The van der Waals surface area contributed by atoms with Crippen molar-refractivity contribution in [3.8, 4) is 22.6 Å². The molecule has 0 aliphatic rings. The van der Waals surface area contributed by atoms with Crippen LogP contribution < -0.4 is 15.6 Å². The molecule has 0 spiro atoms. The van der Waals surface area contributed by atoms with Crippen molar-refractivity contribution < 1.29 is 18.3 Å². The molecule has 2 aromatic heterocycles. The Morgan fingerprint density at radius 3 is 2.59 bits per heavy atom. The van der Waals surface area contributed by atoms with Gasteiger partial charge in [0.25, 0.3) is 11.5 Å². The van der Waals surface area contributed by atoms with E-state index in [1.54, 1.807) is 43.7 Å². The third kappa shape index (κ3) is 4.69. The summed E-state index contributed by atoms with van der Waals surface area (Å²) in [7, 11) is 5.43. The Kier molecular flexibility index (Phi) is 6.47. The van der Waals surface area contributed by atoms with Crippen molar-refractivity contribution in [1.82, 2.24) is 19.8 Å². The predicted molar refractivity (Wildman–Crippen MR) is 126 cm³/mol. The normalized spacial score (nSPS) is 11.2. The highest BCUT2D eigenvalue weighted by atomic mass is 19.1. The van der Waals surface area contributed by atoms with Crippen molar-refractivity contribution in [2.45, 2.75) is 0 Å². The summed E-state index contributed by atoms with van der Waals surface area (Å²) in [6, 6.07) is 9.54. The maximum atomic E-state index is 14.3. The van der Waals surface area contributed by atoms with Gasteiger partial charge in [0.1, 0.15) is 17.1 Å². The molecular formula is C25H24F2N4O3. The largest absolute Gasteiger partial charge is 0.454 e. The van der Waals surface area contributed by atoms with Crippen LogP contribution in [0, 0.1) is 11.6 Å². The number of hydrogen-bond acceptors (Lipinski definition) is 4. The zero-order valence-electron chi connectivity index (χ0n) is 19.0. The maximum absolute atomic E-state index is 14.3. The Morgan fingerprint density at radius 2 is 1.85 bits per heavy atom. The van der Waals surface area contributed by atoms with Gasteiger partial charge in [-0.05, 0) is 50.5 Å². The van der Waals surface area contributed by atoms with Crippen molar-refractivity contribution in [2.24, 2.45) is 7.05 Å². The van der Waals surface area contributed by atoms with Gasteiger partial charge in [0.2, 0.25) is 0 Å². The van der Waals surface area contributed by atoms with E-state index in [9.17, 15) is 18.4 Å². The molecule has 1 amide bonds. The number of rotatable bonds is 7. The lowest BCUT2D eigenvalue weighted by Gasteiger charge is -2.16. The minimum atomic E-state index is -0.858. The number of pyridine rings is 1. The molecule has 176 valence electrons. The van der Waals surface area contributed by atoms with Crippen LogP contribution in [-0.2, 0) is 7.05 Å². The highest BCUT2D eigenvalue weighted by molar-refractivity contribution is 6.00. The average Bonchev–Trinajstić information content (AvgIpc) is 3.28. The van der Waals surface area contributed by atoms with E-state index in [2.05, 4.69) is 10.3 Å². The van der Waals surface area contributed by atoms with E-state index in [0.717, 1.165) is 12.1 Å². The lowest BCUT2D eigenvalue weighted by molar-refractivity contribution is 0.0951.